The van der Waals surface area contributed by atoms with E-state index in [1.807, 2.05) is 4.90 Å². The van der Waals surface area contributed by atoms with Gasteiger partial charge in [-0.25, -0.2) is 4.98 Å². The Morgan fingerprint density at radius 2 is 2.39 bits per heavy atom. The molecule has 1 fully saturated rings. The predicted molar refractivity (Wildman–Crippen MR) is 85.3 cm³/mol. The van der Waals surface area contributed by atoms with Gasteiger partial charge in [0.1, 0.15) is 6.10 Å². The average Bonchev–Trinajstić information content (AvgIpc) is 3.15. The summed E-state index contributed by atoms with van der Waals surface area (Å²) in [6.45, 7) is 4.59. The second kappa shape index (κ2) is 7.37. The number of fused-ring (bicyclic) bond motifs is 1. The average molecular weight is 339 g/mol. The molecule has 1 aromatic rings. The van der Waals surface area contributed by atoms with E-state index in [1.54, 1.807) is 6.92 Å². The molecule has 0 spiro atoms. The molecule has 7 nitrogen and oxygen atoms in total. The van der Waals surface area contributed by atoms with Crippen molar-refractivity contribution in [2.24, 2.45) is 0 Å². The maximum Gasteiger partial charge on any atom is 0.320 e. The molecular formula is C15H21N3O4S. The van der Waals surface area contributed by atoms with Crippen LogP contribution in [0, 0.1) is 0 Å². The summed E-state index contributed by atoms with van der Waals surface area (Å²) in [4.78, 5) is 31.3. The smallest absolute Gasteiger partial charge is 0.320 e. The molecule has 1 aromatic heterocycles. The second-order valence-corrected chi connectivity index (χ2v) is 6.73. The Balaban J connectivity index is 1.57. The highest BCUT2D eigenvalue weighted by Gasteiger charge is 2.26. The van der Waals surface area contributed by atoms with Crippen LogP contribution in [0.5, 0.6) is 0 Å². The molecule has 1 unspecified atom stereocenters. The van der Waals surface area contributed by atoms with Gasteiger partial charge in [0, 0.05) is 31.0 Å². The van der Waals surface area contributed by atoms with Crippen molar-refractivity contribution in [3.05, 3.63) is 10.6 Å². The number of aromatic nitrogens is 1. The van der Waals surface area contributed by atoms with Gasteiger partial charge in [-0.3, -0.25) is 19.8 Å². The minimum atomic E-state index is -0.351. The van der Waals surface area contributed by atoms with Crippen LogP contribution in [0.15, 0.2) is 0 Å². The van der Waals surface area contributed by atoms with Crippen molar-refractivity contribution in [1.82, 2.24) is 9.88 Å². The van der Waals surface area contributed by atoms with Gasteiger partial charge < -0.3 is 9.47 Å². The molecule has 1 amide bonds. The maximum atomic E-state index is 12.1. The summed E-state index contributed by atoms with van der Waals surface area (Å²) in [5.74, 6) is -0.315. The van der Waals surface area contributed by atoms with Gasteiger partial charge in [-0.2, -0.15) is 0 Å². The van der Waals surface area contributed by atoms with Gasteiger partial charge in [-0.05, 0) is 19.8 Å². The molecule has 0 aliphatic carbocycles. The van der Waals surface area contributed by atoms with Crippen molar-refractivity contribution < 1.29 is 19.1 Å². The summed E-state index contributed by atoms with van der Waals surface area (Å²) in [5, 5.41) is 3.47. The molecule has 8 heteroatoms. The Morgan fingerprint density at radius 1 is 1.52 bits per heavy atom. The zero-order valence-electron chi connectivity index (χ0n) is 13.2. The first-order chi connectivity index (χ1) is 11.2. The molecule has 1 N–H and O–H groups in total. The molecule has 3 heterocycles. The van der Waals surface area contributed by atoms with Crippen molar-refractivity contribution in [1.29, 1.82) is 0 Å². The molecule has 0 bridgehead atoms. The van der Waals surface area contributed by atoms with Crippen LogP contribution < -0.4 is 5.32 Å². The number of nitrogens with zero attached hydrogens (tertiary/aromatic N) is 2. The Bertz CT molecular complexity index is 583. The predicted octanol–water partition coefficient (Wildman–Crippen LogP) is 1.18. The van der Waals surface area contributed by atoms with E-state index in [0.29, 0.717) is 31.4 Å². The van der Waals surface area contributed by atoms with Crippen LogP contribution in [0.4, 0.5) is 5.13 Å². The van der Waals surface area contributed by atoms with Crippen molar-refractivity contribution in [3.63, 3.8) is 0 Å². The van der Waals surface area contributed by atoms with Crippen molar-refractivity contribution in [2.75, 3.05) is 31.6 Å². The molecule has 23 heavy (non-hydrogen) atoms. The van der Waals surface area contributed by atoms with Crippen LogP contribution >= 0.6 is 11.3 Å². The largest absolute Gasteiger partial charge is 0.465 e. The van der Waals surface area contributed by atoms with Crippen LogP contribution in [0.3, 0.4) is 0 Å². The topological polar surface area (TPSA) is 80.8 Å². The lowest BCUT2D eigenvalue weighted by Crippen LogP contribution is -2.35. The molecule has 0 radical (unpaired) electrons. The lowest BCUT2D eigenvalue weighted by Gasteiger charge is -2.24. The summed E-state index contributed by atoms with van der Waals surface area (Å²) in [5.41, 5.74) is 1.01. The number of nitrogens with one attached hydrogen (secondary N) is 1. The Morgan fingerprint density at radius 3 is 3.13 bits per heavy atom. The summed E-state index contributed by atoms with van der Waals surface area (Å²) in [7, 11) is 0. The molecule has 0 saturated carbocycles. The van der Waals surface area contributed by atoms with Crippen LogP contribution in [0.1, 0.15) is 30.3 Å². The molecule has 2 aliphatic rings. The van der Waals surface area contributed by atoms with E-state index in [9.17, 15) is 9.59 Å². The third-order valence-electron chi connectivity index (χ3n) is 3.92. The second-order valence-electron chi connectivity index (χ2n) is 5.65. The molecule has 0 aromatic carbocycles. The van der Waals surface area contributed by atoms with E-state index in [0.717, 1.165) is 36.4 Å². The zero-order chi connectivity index (χ0) is 16.2. The Kier molecular flexibility index (Phi) is 5.24. The first-order valence-corrected chi connectivity index (χ1v) is 8.76. The van der Waals surface area contributed by atoms with Crippen LogP contribution in [0.25, 0.3) is 0 Å². The number of ether oxygens (including phenoxy) is 2. The van der Waals surface area contributed by atoms with Crippen LogP contribution in [-0.4, -0.2) is 54.2 Å². The lowest BCUT2D eigenvalue weighted by atomic mass is 10.2. The quantitative estimate of drug-likeness (QED) is 0.812. The fraction of sp³-hybridized carbons (Fsp3) is 0.667. The van der Waals surface area contributed by atoms with E-state index in [-0.39, 0.29) is 18.0 Å². The van der Waals surface area contributed by atoms with E-state index >= 15 is 0 Å². The van der Waals surface area contributed by atoms with Gasteiger partial charge in [-0.1, -0.05) is 0 Å². The fourth-order valence-corrected chi connectivity index (χ4v) is 3.85. The Hall–Kier alpha value is -1.51. The molecule has 3 rings (SSSR count). The minimum Gasteiger partial charge on any atom is -0.465 e. The number of hydrogen-bond acceptors (Lipinski definition) is 7. The summed E-state index contributed by atoms with van der Waals surface area (Å²) in [6, 6.07) is 0. The third-order valence-corrected chi connectivity index (χ3v) is 4.92. The van der Waals surface area contributed by atoms with Crippen LogP contribution in [-0.2, 0) is 32.0 Å². The molecule has 2 aliphatic heterocycles. The summed E-state index contributed by atoms with van der Waals surface area (Å²) in [6.07, 6.45) is 2.12. The third kappa shape index (κ3) is 4.07. The fourth-order valence-electron chi connectivity index (χ4n) is 2.80. The number of amides is 1. The van der Waals surface area contributed by atoms with Gasteiger partial charge in [0.25, 0.3) is 5.91 Å². The highest BCUT2D eigenvalue weighted by molar-refractivity contribution is 7.15. The van der Waals surface area contributed by atoms with Gasteiger partial charge in [0.2, 0.25) is 0 Å². The molecule has 1 saturated heterocycles. The SMILES string of the molecule is CCOC(=O)CN1CCc2nc(NC(=O)C3CCCO3)sc2C1. The zero-order valence-corrected chi connectivity index (χ0v) is 14.0. The number of rotatable bonds is 5. The Labute approximate surface area is 139 Å². The number of carbonyl (C=O) groups is 2. The minimum absolute atomic E-state index is 0.114. The molecular weight excluding hydrogens is 318 g/mol. The summed E-state index contributed by atoms with van der Waals surface area (Å²) < 4.78 is 10.4. The summed E-state index contributed by atoms with van der Waals surface area (Å²) >= 11 is 1.47. The maximum absolute atomic E-state index is 12.1. The van der Waals surface area contributed by atoms with E-state index in [2.05, 4.69) is 10.3 Å². The number of carbonyl (C=O) groups excluding carboxylic acids is 2. The number of hydrogen-bond donors (Lipinski definition) is 1. The van der Waals surface area contributed by atoms with E-state index in [4.69, 9.17) is 9.47 Å². The molecule has 126 valence electrons. The van der Waals surface area contributed by atoms with Gasteiger partial charge >= 0.3 is 5.97 Å². The number of esters is 1. The van der Waals surface area contributed by atoms with Crippen molar-refractivity contribution in [2.45, 2.75) is 38.8 Å². The van der Waals surface area contributed by atoms with Crippen LogP contribution in [0.2, 0.25) is 0 Å². The van der Waals surface area contributed by atoms with Crippen molar-refractivity contribution in [3.8, 4) is 0 Å². The first-order valence-electron chi connectivity index (χ1n) is 7.94. The lowest BCUT2D eigenvalue weighted by molar-refractivity contribution is -0.144. The first kappa shape index (κ1) is 16.4. The van der Waals surface area contributed by atoms with Gasteiger partial charge in [-0.15, -0.1) is 11.3 Å². The number of thiazole rings is 1. The molecule has 1 atom stereocenters. The van der Waals surface area contributed by atoms with E-state index < -0.39 is 0 Å². The normalized spacial score (nSPS) is 21.0. The monoisotopic (exact) mass is 339 g/mol. The van der Waals surface area contributed by atoms with Gasteiger partial charge in [0.05, 0.1) is 18.8 Å². The van der Waals surface area contributed by atoms with E-state index in [1.165, 1.54) is 11.3 Å². The highest BCUT2D eigenvalue weighted by atomic mass is 32.1. The van der Waals surface area contributed by atoms with Crippen molar-refractivity contribution >= 4 is 28.3 Å². The standard InChI is InChI=1S/C15H21N3O4S/c1-2-21-13(19)9-18-6-5-10-12(8-18)23-15(16-10)17-14(20)11-4-3-7-22-11/h11H,2-9H2,1H3,(H,16,17,20). The number of anilines is 1. The van der Waals surface area contributed by atoms with Gasteiger partial charge in [0.15, 0.2) is 5.13 Å². The highest BCUT2D eigenvalue weighted by Crippen LogP contribution is 2.28.